The summed E-state index contributed by atoms with van der Waals surface area (Å²) in [4.78, 5) is 0. The zero-order valence-electron chi connectivity index (χ0n) is 15.8. The zero-order chi connectivity index (χ0) is 18.1. The van der Waals surface area contributed by atoms with Gasteiger partial charge in [-0.1, -0.05) is 47.6 Å². The SMILES string of the molecule is C1=CCC2=C(C1)[C@@H]1C3C4[C@@H](c5ccccc5[C@@H]4C14OCCO4)C1(OCCO1)[C@@H]23. The molecule has 6 atom stereocenters. The predicted molar refractivity (Wildman–Crippen MR) is 101 cm³/mol. The third-order valence-corrected chi connectivity index (χ3v) is 8.87. The summed E-state index contributed by atoms with van der Waals surface area (Å²) in [5.74, 6) is 1.29. The van der Waals surface area contributed by atoms with Crippen molar-refractivity contribution in [3.05, 3.63) is 58.7 Å². The van der Waals surface area contributed by atoms with Gasteiger partial charge in [-0.05, 0) is 35.8 Å². The molecule has 0 bridgehead atoms. The highest BCUT2D eigenvalue weighted by atomic mass is 16.7. The normalized spacial score (nSPS) is 44.7. The number of benzene rings is 1. The van der Waals surface area contributed by atoms with Gasteiger partial charge in [0.2, 0.25) is 0 Å². The average molecular weight is 376 g/mol. The standard InChI is InChI=1S/C24H24O4/c1-2-6-14-13(5-1)19-17-18-21(23(19)25-9-10-26-23)15-7-3-4-8-16(15)22(18)24(20(14)17)27-11-12-28-24/h1-6,17-22H,7-12H2/t17?,18?,19-,20+,21+,22-. The van der Waals surface area contributed by atoms with E-state index in [-0.39, 0.29) is 0 Å². The second-order valence-corrected chi connectivity index (χ2v) is 9.46. The van der Waals surface area contributed by atoms with Gasteiger partial charge >= 0.3 is 0 Å². The van der Waals surface area contributed by atoms with E-state index >= 15 is 0 Å². The van der Waals surface area contributed by atoms with E-state index in [1.54, 1.807) is 11.1 Å². The Morgan fingerprint density at radius 1 is 0.607 bits per heavy atom. The molecule has 28 heavy (non-hydrogen) atoms. The number of hydrogen-bond donors (Lipinski definition) is 0. The van der Waals surface area contributed by atoms with Crippen molar-refractivity contribution < 1.29 is 18.9 Å². The Bertz CT molecular complexity index is 876. The van der Waals surface area contributed by atoms with Gasteiger partial charge < -0.3 is 18.9 Å². The molecular weight excluding hydrogens is 352 g/mol. The first kappa shape index (κ1) is 15.4. The summed E-state index contributed by atoms with van der Waals surface area (Å²) in [7, 11) is 0. The van der Waals surface area contributed by atoms with Crippen molar-refractivity contribution >= 4 is 0 Å². The van der Waals surface area contributed by atoms with Crippen LogP contribution in [0.1, 0.15) is 35.8 Å². The third kappa shape index (κ3) is 1.40. The molecule has 7 aliphatic rings. The smallest absolute Gasteiger partial charge is 0.182 e. The van der Waals surface area contributed by atoms with Crippen molar-refractivity contribution in [2.75, 3.05) is 26.4 Å². The maximum absolute atomic E-state index is 6.59. The van der Waals surface area contributed by atoms with E-state index in [1.165, 1.54) is 11.1 Å². The molecule has 2 spiro atoms. The monoisotopic (exact) mass is 376 g/mol. The maximum Gasteiger partial charge on any atom is 0.182 e. The largest absolute Gasteiger partial charge is 0.346 e. The summed E-state index contributed by atoms with van der Waals surface area (Å²) >= 11 is 0. The third-order valence-electron chi connectivity index (χ3n) is 8.87. The van der Waals surface area contributed by atoms with Crippen LogP contribution in [0.4, 0.5) is 0 Å². The van der Waals surface area contributed by atoms with Crippen LogP contribution < -0.4 is 0 Å². The highest BCUT2D eigenvalue weighted by Crippen LogP contribution is 2.80. The lowest BCUT2D eigenvalue weighted by molar-refractivity contribution is -0.213. The fourth-order valence-corrected chi connectivity index (χ4v) is 8.55. The summed E-state index contributed by atoms with van der Waals surface area (Å²) in [5.41, 5.74) is 5.98. The summed E-state index contributed by atoms with van der Waals surface area (Å²) in [5, 5.41) is 0. The van der Waals surface area contributed by atoms with Gasteiger partial charge in [0.15, 0.2) is 11.6 Å². The van der Waals surface area contributed by atoms with E-state index in [2.05, 4.69) is 36.4 Å². The molecule has 2 saturated carbocycles. The van der Waals surface area contributed by atoms with Crippen LogP contribution in [0.3, 0.4) is 0 Å². The average Bonchev–Trinajstić information content (AvgIpc) is 3.53. The van der Waals surface area contributed by atoms with Crippen LogP contribution in [0.25, 0.3) is 0 Å². The summed E-state index contributed by atoms with van der Waals surface area (Å²) < 4.78 is 26.4. The van der Waals surface area contributed by atoms with Crippen LogP contribution in [-0.4, -0.2) is 38.0 Å². The lowest BCUT2D eigenvalue weighted by atomic mass is 9.82. The summed E-state index contributed by atoms with van der Waals surface area (Å²) in [6, 6.07) is 8.95. The summed E-state index contributed by atoms with van der Waals surface area (Å²) in [6.45, 7) is 2.84. The van der Waals surface area contributed by atoms with Crippen LogP contribution >= 0.6 is 0 Å². The zero-order valence-corrected chi connectivity index (χ0v) is 15.8. The number of allylic oxidation sites excluding steroid dienone is 2. The first-order valence-corrected chi connectivity index (χ1v) is 10.9. The Morgan fingerprint density at radius 2 is 1.04 bits per heavy atom. The van der Waals surface area contributed by atoms with Crippen LogP contribution in [0, 0.1) is 23.7 Å². The second-order valence-electron chi connectivity index (χ2n) is 9.46. The number of rotatable bonds is 0. The van der Waals surface area contributed by atoms with Crippen molar-refractivity contribution in [1.82, 2.24) is 0 Å². The molecule has 1 aromatic carbocycles. The lowest BCUT2D eigenvalue weighted by Gasteiger charge is -2.37. The maximum atomic E-state index is 6.59. The predicted octanol–water partition coefficient (Wildman–Crippen LogP) is 3.51. The molecule has 0 N–H and O–H groups in total. The molecule has 4 heteroatoms. The molecule has 5 aliphatic carbocycles. The van der Waals surface area contributed by atoms with Gasteiger partial charge in [-0.15, -0.1) is 0 Å². The fraction of sp³-hybridized carbons (Fsp3) is 0.583. The molecule has 0 aromatic heterocycles. The van der Waals surface area contributed by atoms with Gasteiger partial charge in [-0.3, -0.25) is 0 Å². The van der Waals surface area contributed by atoms with Crippen LogP contribution in [0.15, 0.2) is 47.6 Å². The molecule has 2 aliphatic heterocycles. The van der Waals surface area contributed by atoms with Gasteiger partial charge in [-0.25, -0.2) is 0 Å². The number of ether oxygens (including phenoxy) is 4. The second kappa shape index (κ2) is 4.81. The van der Waals surface area contributed by atoms with Crippen molar-refractivity contribution in [3.63, 3.8) is 0 Å². The molecule has 2 saturated heterocycles. The molecule has 8 rings (SSSR count). The van der Waals surface area contributed by atoms with E-state index in [0.717, 1.165) is 12.8 Å². The Balaban J connectivity index is 1.45. The Morgan fingerprint density at radius 3 is 1.50 bits per heavy atom. The highest BCUT2D eigenvalue weighted by molar-refractivity contribution is 5.55. The van der Waals surface area contributed by atoms with Crippen molar-refractivity contribution in [2.24, 2.45) is 23.7 Å². The molecule has 1 aromatic rings. The van der Waals surface area contributed by atoms with Gasteiger partial charge in [-0.2, -0.15) is 0 Å². The van der Waals surface area contributed by atoms with Crippen molar-refractivity contribution in [1.29, 1.82) is 0 Å². The molecule has 0 radical (unpaired) electrons. The van der Waals surface area contributed by atoms with Crippen LogP contribution in [0.2, 0.25) is 0 Å². The van der Waals surface area contributed by atoms with Gasteiger partial charge in [0.1, 0.15) is 0 Å². The first-order chi connectivity index (χ1) is 13.9. The molecule has 144 valence electrons. The van der Waals surface area contributed by atoms with Crippen LogP contribution in [-0.2, 0) is 18.9 Å². The van der Waals surface area contributed by atoms with E-state index in [4.69, 9.17) is 18.9 Å². The van der Waals surface area contributed by atoms with E-state index in [1.807, 2.05) is 0 Å². The van der Waals surface area contributed by atoms with Crippen LogP contribution in [0.5, 0.6) is 0 Å². The molecule has 4 nitrogen and oxygen atoms in total. The van der Waals surface area contributed by atoms with E-state index in [0.29, 0.717) is 61.9 Å². The fourth-order valence-electron chi connectivity index (χ4n) is 8.55. The van der Waals surface area contributed by atoms with E-state index in [9.17, 15) is 0 Å². The minimum absolute atomic E-state index is 0.292. The molecular formula is C24H24O4. The Labute approximate surface area is 164 Å². The van der Waals surface area contributed by atoms with Crippen molar-refractivity contribution in [3.8, 4) is 0 Å². The molecule has 4 fully saturated rings. The Kier molecular flexibility index (Phi) is 2.64. The topological polar surface area (TPSA) is 36.9 Å². The van der Waals surface area contributed by atoms with Crippen molar-refractivity contribution in [2.45, 2.75) is 36.3 Å². The molecule has 2 unspecified atom stereocenters. The molecule has 2 heterocycles. The minimum atomic E-state index is -0.485. The quantitative estimate of drug-likeness (QED) is 0.650. The number of fused-ring (bicyclic) bond motifs is 9. The first-order valence-electron chi connectivity index (χ1n) is 10.9. The number of hydrogen-bond acceptors (Lipinski definition) is 4. The van der Waals surface area contributed by atoms with Gasteiger partial charge in [0.05, 0.1) is 26.4 Å². The highest BCUT2D eigenvalue weighted by Gasteiger charge is 2.82. The van der Waals surface area contributed by atoms with Gasteiger partial charge in [0.25, 0.3) is 0 Å². The van der Waals surface area contributed by atoms with E-state index < -0.39 is 11.6 Å². The molecule has 0 amide bonds. The minimum Gasteiger partial charge on any atom is -0.346 e. The Hall–Kier alpha value is -1.46. The lowest BCUT2D eigenvalue weighted by Crippen LogP contribution is -2.44. The van der Waals surface area contributed by atoms with Gasteiger partial charge in [0, 0.05) is 23.7 Å². The summed E-state index contributed by atoms with van der Waals surface area (Å²) in [6.07, 6.45) is 6.74.